The van der Waals surface area contributed by atoms with Gasteiger partial charge in [-0.15, -0.1) is 0 Å². The molecule has 0 radical (unpaired) electrons. The minimum absolute atomic E-state index is 0.0751. The Morgan fingerprint density at radius 3 is 2.50 bits per heavy atom. The molecule has 0 spiro atoms. The lowest BCUT2D eigenvalue weighted by Gasteiger charge is -2.15. The summed E-state index contributed by atoms with van der Waals surface area (Å²) in [7, 11) is 0. The van der Waals surface area contributed by atoms with Gasteiger partial charge in [0.25, 0.3) is 0 Å². The summed E-state index contributed by atoms with van der Waals surface area (Å²) in [6.45, 7) is 5.42. The average molecular weight is 289 g/mol. The van der Waals surface area contributed by atoms with Crippen LogP contribution < -0.4 is 10.1 Å². The van der Waals surface area contributed by atoms with Crippen molar-refractivity contribution in [2.75, 3.05) is 13.2 Å². The first-order chi connectivity index (χ1) is 9.49. The van der Waals surface area contributed by atoms with Crippen LogP contribution in [-0.2, 0) is 12.7 Å². The van der Waals surface area contributed by atoms with Crippen LogP contribution in [0.4, 0.5) is 13.2 Å². The van der Waals surface area contributed by atoms with Gasteiger partial charge in [-0.05, 0) is 30.7 Å². The number of halogens is 3. The van der Waals surface area contributed by atoms with Gasteiger partial charge in [0.2, 0.25) is 0 Å². The highest BCUT2D eigenvalue weighted by Gasteiger charge is 2.34. The zero-order chi connectivity index (χ0) is 15.0. The fraction of sp³-hybridized carbons (Fsp3) is 0.600. The summed E-state index contributed by atoms with van der Waals surface area (Å²) in [5.74, 6) is -0.0751. The zero-order valence-corrected chi connectivity index (χ0v) is 12.0. The van der Waals surface area contributed by atoms with E-state index in [1.54, 1.807) is 6.07 Å². The number of alkyl halides is 3. The van der Waals surface area contributed by atoms with Crippen LogP contribution in [0.2, 0.25) is 0 Å². The Labute approximate surface area is 118 Å². The van der Waals surface area contributed by atoms with E-state index in [0.717, 1.165) is 31.9 Å². The van der Waals surface area contributed by atoms with Crippen LogP contribution in [-0.4, -0.2) is 13.2 Å². The molecule has 5 heteroatoms. The first-order valence-corrected chi connectivity index (χ1v) is 7.02. The number of benzene rings is 1. The Balaban J connectivity index is 2.81. The zero-order valence-electron chi connectivity index (χ0n) is 12.0. The second-order valence-electron chi connectivity index (χ2n) is 4.66. The van der Waals surface area contributed by atoms with Crippen molar-refractivity contribution in [3.8, 4) is 5.75 Å². The Hall–Kier alpha value is -1.23. The summed E-state index contributed by atoms with van der Waals surface area (Å²) >= 11 is 0. The van der Waals surface area contributed by atoms with Crippen molar-refractivity contribution in [3.05, 3.63) is 29.3 Å². The minimum atomic E-state index is -4.39. The van der Waals surface area contributed by atoms with Gasteiger partial charge in [-0.1, -0.05) is 32.8 Å². The summed E-state index contributed by atoms with van der Waals surface area (Å²) in [5.41, 5.74) is -0.0792. The smallest absolute Gasteiger partial charge is 0.419 e. The molecule has 0 heterocycles. The molecular weight excluding hydrogens is 267 g/mol. The van der Waals surface area contributed by atoms with E-state index in [0.29, 0.717) is 18.7 Å². The van der Waals surface area contributed by atoms with E-state index < -0.39 is 11.7 Å². The van der Waals surface area contributed by atoms with Crippen molar-refractivity contribution in [3.63, 3.8) is 0 Å². The highest BCUT2D eigenvalue weighted by atomic mass is 19.4. The summed E-state index contributed by atoms with van der Waals surface area (Å²) in [6, 6.07) is 4.26. The minimum Gasteiger partial charge on any atom is -0.493 e. The van der Waals surface area contributed by atoms with E-state index in [9.17, 15) is 13.2 Å². The summed E-state index contributed by atoms with van der Waals surface area (Å²) in [4.78, 5) is 0. The summed E-state index contributed by atoms with van der Waals surface area (Å²) in [5, 5.41) is 3.01. The first-order valence-electron chi connectivity index (χ1n) is 7.02. The molecular formula is C15H22F3NO. The average Bonchev–Trinajstić information content (AvgIpc) is 2.41. The van der Waals surface area contributed by atoms with E-state index in [-0.39, 0.29) is 5.75 Å². The third-order valence-electron chi connectivity index (χ3n) is 2.93. The molecule has 1 aromatic carbocycles. The molecule has 0 bridgehead atoms. The van der Waals surface area contributed by atoms with Gasteiger partial charge in [0.05, 0.1) is 12.2 Å². The number of hydrogen-bond acceptors (Lipinski definition) is 2. The molecule has 0 amide bonds. The maximum absolute atomic E-state index is 13.0. The first kappa shape index (κ1) is 16.8. The van der Waals surface area contributed by atoms with Crippen LogP contribution >= 0.6 is 0 Å². The van der Waals surface area contributed by atoms with E-state index in [2.05, 4.69) is 5.32 Å². The number of hydrogen-bond donors (Lipinski definition) is 1. The molecule has 0 aliphatic carbocycles. The largest absolute Gasteiger partial charge is 0.493 e. The summed E-state index contributed by atoms with van der Waals surface area (Å²) in [6.07, 6.45) is -1.65. The standard InChI is InChI=1S/C15H22F3NO/c1-3-5-6-9-20-14-8-7-12(11-19-4-2)10-13(14)15(16,17)18/h7-8,10,19H,3-6,9,11H2,1-2H3. The third-order valence-corrected chi connectivity index (χ3v) is 2.93. The Bertz CT molecular complexity index is 405. The van der Waals surface area contributed by atoms with Gasteiger partial charge in [0, 0.05) is 6.54 Å². The van der Waals surface area contributed by atoms with Crippen LogP contribution in [0, 0.1) is 0 Å². The Morgan fingerprint density at radius 1 is 1.15 bits per heavy atom. The fourth-order valence-corrected chi connectivity index (χ4v) is 1.84. The molecule has 2 nitrogen and oxygen atoms in total. The highest BCUT2D eigenvalue weighted by Crippen LogP contribution is 2.37. The van der Waals surface area contributed by atoms with E-state index >= 15 is 0 Å². The molecule has 0 saturated heterocycles. The highest BCUT2D eigenvalue weighted by molar-refractivity contribution is 5.39. The van der Waals surface area contributed by atoms with Gasteiger partial charge in [0.15, 0.2) is 0 Å². The maximum atomic E-state index is 13.0. The monoisotopic (exact) mass is 289 g/mol. The number of nitrogens with one attached hydrogen (secondary N) is 1. The molecule has 0 unspecified atom stereocenters. The molecule has 20 heavy (non-hydrogen) atoms. The topological polar surface area (TPSA) is 21.3 Å². The van der Waals surface area contributed by atoms with E-state index in [1.807, 2.05) is 13.8 Å². The van der Waals surface area contributed by atoms with Crippen molar-refractivity contribution >= 4 is 0 Å². The molecule has 0 fully saturated rings. The lowest BCUT2D eigenvalue weighted by molar-refractivity contribution is -0.139. The van der Waals surface area contributed by atoms with Gasteiger partial charge in [0.1, 0.15) is 5.75 Å². The molecule has 0 aromatic heterocycles. The van der Waals surface area contributed by atoms with Crippen LogP contribution in [0.15, 0.2) is 18.2 Å². The second-order valence-corrected chi connectivity index (χ2v) is 4.66. The molecule has 1 rings (SSSR count). The van der Waals surface area contributed by atoms with Crippen molar-refractivity contribution in [1.82, 2.24) is 5.32 Å². The van der Waals surface area contributed by atoms with Gasteiger partial charge >= 0.3 is 6.18 Å². The van der Waals surface area contributed by atoms with Crippen LogP contribution in [0.3, 0.4) is 0 Å². The fourth-order valence-electron chi connectivity index (χ4n) is 1.84. The Morgan fingerprint density at radius 2 is 1.90 bits per heavy atom. The molecule has 0 saturated carbocycles. The van der Waals surface area contributed by atoms with E-state index in [1.165, 1.54) is 6.07 Å². The van der Waals surface area contributed by atoms with Crippen molar-refractivity contribution in [2.24, 2.45) is 0 Å². The molecule has 0 aliphatic heterocycles. The number of rotatable bonds is 8. The molecule has 114 valence electrons. The Kier molecular flexibility index (Phi) is 6.85. The predicted molar refractivity (Wildman–Crippen MR) is 73.8 cm³/mol. The van der Waals surface area contributed by atoms with Gasteiger partial charge in [-0.2, -0.15) is 13.2 Å². The molecule has 1 N–H and O–H groups in total. The van der Waals surface area contributed by atoms with E-state index in [4.69, 9.17) is 4.74 Å². The molecule has 1 aromatic rings. The second kappa shape index (κ2) is 8.15. The predicted octanol–water partition coefficient (Wildman–Crippen LogP) is 4.38. The van der Waals surface area contributed by atoms with Gasteiger partial charge < -0.3 is 10.1 Å². The maximum Gasteiger partial charge on any atom is 0.419 e. The van der Waals surface area contributed by atoms with Crippen molar-refractivity contribution < 1.29 is 17.9 Å². The number of ether oxygens (including phenoxy) is 1. The normalized spacial score (nSPS) is 11.7. The lowest BCUT2D eigenvalue weighted by atomic mass is 10.1. The molecule has 0 atom stereocenters. The van der Waals surface area contributed by atoms with Crippen molar-refractivity contribution in [2.45, 2.75) is 45.8 Å². The third kappa shape index (κ3) is 5.41. The van der Waals surface area contributed by atoms with Crippen LogP contribution in [0.25, 0.3) is 0 Å². The lowest BCUT2D eigenvalue weighted by Crippen LogP contribution is -2.14. The number of unbranched alkanes of at least 4 members (excludes halogenated alkanes) is 2. The van der Waals surface area contributed by atoms with Crippen LogP contribution in [0.1, 0.15) is 44.2 Å². The van der Waals surface area contributed by atoms with Gasteiger partial charge in [-0.3, -0.25) is 0 Å². The van der Waals surface area contributed by atoms with Gasteiger partial charge in [-0.25, -0.2) is 0 Å². The SMILES string of the molecule is CCCCCOc1ccc(CNCC)cc1C(F)(F)F. The van der Waals surface area contributed by atoms with Crippen LogP contribution in [0.5, 0.6) is 5.75 Å². The van der Waals surface area contributed by atoms with Crippen molar-refractivity contribution in [1.29, 1.82) is 0 Å². The quantitative estimate of drug-likeness (QED) is 0.717. The summed E-state index contributed by atoms with van der Waals surface area (Å²) < 4.78 is 44.4. The molecule has 0 aliphatic rings.